The summed E-state index contributed by atoms with van der Waals surface area (Å²) in [5, 5.41) is 3.30. The lowest BCUT2D eigenvalue weighted by atomic mass is 10.2. The van der Waals surface area contributed by atoms with Crippen LogP contribution in [0.2, 0.25) is 5.02 Å². The van der Waals surface area contributed by atoms with E-state index in [1.165, 1.54) is 0 Å². The van der Waals surface area contributed by atoms with Gasteiger partial charge in [0.25, 0.3) is 5.91 Å². The fourth-order valence-corrected chi connectivity index (χ4v) is 1.93. The molecule has 0 atom stereocenters. The Kier molecular flexibility index (Phi) is 3.61. The fraction of sp³-hybridized carbons (Fsp3) is 0. The van der Waals surface area contributed by atoms with E-state index in [1.54, 1.807) is 18.2 Å². The summed E-state index contributed by atoms with van der Waals surface area (Å²) in [4.78, 5) is 12.4. The van der Waals surface area contributed by atoms with Gasteiger partial charge in [0.1, 0.15) is 0 Å². The van der Waals surface area contributed by atoms with E-state index in [-0.39, 0.29) is 5.91 Å². The summed E-state index contributed by atoms with van der Waals surface area (Å²) in [6.07, 6.45) is 0. The minimum atomic E-state index is -0.224. The quantitative estimate of drug-likeness (QED) is 0.840. The fourth-order valence-electron chi connectivity index (χ4n) is 1.40. The molecule has 0 spiro atoms. The molecule has 1 amide bonds. The number of nitrogens with one attached hydrogen (secondary N) is 1. The number of rotatable bonds is 2. The van der Waals surface area contributed by atoms with Crippen LogP contribution in [0.25, 0.3) is 0 Å². The maximum absolute atomic E-state index is 11.9. The molecule has 17 heavy (non-hydrogen) atoms. The van der Waals surface area contributed by atoms with Crippen LogP contribution >= 0.6 is 11.6 Å². The SMILES string of the molecule is O=C(Nc1ccccc1)c1ccc(Cl)cc1[S-]. The molecule has 0 aliphatic rings. The largest absolute Gasteiger partial charge is 0.779 e. The number of benzene rings is 2. The first-order chi connectivity index (χ1) is 8.16. The monoisotopic (exact) mass is 262 g/mol. The van der Waals surface area contributed by atoms with Gasteiger partial charge in [0.05, 0.1) is 0 Å². The van der Waals surface area contributed by atoms with Crippen molar-refractivity contribution in [3.8, 4) is 0 Å². The Bertz CT molecular complexity index is 542. The number of halogens is 1. The van der Waals surface area contributed by atoms with Crippen LogP contribution in [0.15, 0.2) is 53.4 Å². The second-order valence-corrected chi connectivity index (χ2v) is 4.34. The number of hydrogen-bond acceptors (Lipinski definition) is 2. The van der Waals surface area contributed by atoms with Gasteiger partial charge in [-0.05, 0) is 24.3 Å². The van der Waals surface area contributed by atoms with E-state index in [0.717, 1.165) is 5.69 Å². The maximum Gasteiger partial charge on any atom is 0.254 e. The van der Waals surface area contributed by atoms with Crippen molar-refractivity contribution in [3.05, 3.63) is 59.1 Å². The first kappa shape index (κ1) is 11.9. The van der Waals surface area contributed by atoms with Gasteiger partial charge < -0.3 is 17.9 Å². The predicted octanol–water partition coefficient (Wildman–Crippen LogP) is 3.50. The molecular weight excluding hydrogens is 254 g/mol. The number of carbonyl (C=O) groups excluding carboxylic acids is 1. The van der Waals surface area contributed by atoms with Gasteiger partial charge in [0.15, 0.2) is 0 Å². The van der Waals surface area contributed by atoms with Crippen LogP contribution in [0.3, 0.4) is 0 Å². The molecule has 0 aromatic heterocycles. The van der Waals surface area contributed by atoms with Crippen LogP contribution in [0, 0.1) is 0 Å². The average Bonchev–Trinajstić information content (AvgIpc) is 2.30. The molecule has 0 heterocycles. The summed E-state index contributed by atoms with van der Waals surface area (Å²) in [5.41, 5.74) is 1.19. The Labute approximate surface area is 110 Å². The first-order valence-electron chi connectivity index (χ1n) is 5.00. The smallest absolute Gasteiger partial charge is 0.254 e. The predicted molar refractivity (Wildman–Crippen MR) is 71.5 cm³/mol. The van der Waals surface area contributed by atoms with E-state index in [2.05, 4.69) is 5.32 Å². The standard InChI is InChI=1S/C13H10ClNOS/c14-9-6-7-11(12(17)8-9)13(16)15-10-4-2-1-3-5-10/h1-8,17H,(H,15,16)/p-1. The number of hydrogen-bond donors (Lipinski definition) is 1. The Morgan fingerprint density at radius 1 is 1.12 bits per heavy atom. The number of carbonyl (C=O) groups is 1. The van der Waals surface area contributed by atoms with Crippen LogP contribution < -0.4 is 5.32 Å². The molecule has 0 aliphatic heterocycles. The molecule has 1 N–H and O–H groups in total. The molecule has 2 aromatic carbocycles. The van der Waals surface area contributed by atoms with Crippen molar-refractivity contribution in [2.75, 3.05) is 5.32 Å². The first-order valence-corrected chi connectivity index (χ1v) is 5.78. The summed E-state index contributed by atoms with van der Waals surface area (Å²) in [6.45, 7) is 0. The van der Waals surface area contributed by atoms with Crippen LogP contribution in [-0.2, 0) is 12.6 Å². The van der Waals surface area contributed by atoms with Crippen molar-refractivity contribution in [1.82, 2.24) is 0 Å². The third kappa shape index (κ3) is 2.96. The number of amides is 1. The Morgan fingerprint density at radius 2 is 1.82 bits per heavy atom. The van der Waals surface area contributed by atoms with Gasteiger partial charge in [-0.3, -0.25) is 4.79 Å². The molecule has 0 saturated heterocycles. The Balaban J connectivity index is 2.21. The van der Waals surface area contributed by atoms with Gasteiger partial charge in [-0.15, -0.1) is 0 Å². The molecule has 0 fully saturated rings. The number of para-hydroxylation sites is 1. The topological polar surface area (TPSA) is 29.1 Å². The zero-order valence-electron chi connectivity index (χ0n) is 8.81. The summed E-state index contributed by atoms with van der Waals surface area (Å²) in [5.74, 6) is -0.224. The molecule has 2 rings (SSSR count). The van der Waals surface area contributed by atoms with E-state index in [9.17, 15) is 4.79 Å². The molecule has 2 nitrogen and oxygen atoms in total. The highest BCUT2D eigenvalue weighted by Crippen LogP contribution is 2.17. The minimum absolute atomic E-state index is 0.224. The summed E-state index contributed by atoms with van der Waals surface area (Å²) in [7, 11) is 0. The highest BCUT2D eigenvalue weighted by molar-refractivity contribution is 7.58. The molecule has 4 heteroatoms. The normalized spacial score (nSPS) is 9.94. The minimum Gasteiger partial charge on any atom is -0.779 e. The molecule has 0 bridgehead atoms. The van der Waals surface area contributed by atoms with Gasteiger partial charge in [-0.2, -0.15) is 4.90 Å². The number of anilines is 1. The average molecular weight is 263 g/mol. The van der Waals surface area contributed by atoms with Crippen molar-refractivity contribution in [2.24, 2.45) is 0 Å². The lowest BCUT2D eigenvalue weighted by Gasteiger charge is -2.13. The van der Waals surface area contributed by atoms with E-state index >= 15 is 0 Å². The molecule has 0 radical (unpaired) electrons. The second kappa shape index (κ2) is 5.17. The molecule has 0 saturated carbocycles. The van der Waals surface area contributed by atoms with Crippen LogP contribution in [0.4, 0.5) is 5.69 Å². The molecular formula is C13H9ClNOS-. The lowest BCUT2D eigenvalue weighted by molar-refractivity contribution is 0.102. The molecule has 0 aliphatic carbocycles. The zero-order chi connectivity index (χ0) is 12.3. The summed E-state index contributed by atoms with van der Waals surface area (Å²) in [6, 6.07) is 14.1. The van der Waals surface area contributed by atoms with E-state index in [4.69, 9.17) is 24.2 Å². The van der Waals surface area contributed by atoms with E-state index in [0.29, 0.717) is 15.5 Å². The summed E-state index contributed by atoms with van der Waals surface area (Å²) >= 11 is 10.9. The van der Waals surface area contributed by atoms with Crippen molar-refractivity contribution in [3.63, 3.8) is 0 Å². The van der Waals surface area contributed by atoms with E-state index < -0.39 is 0 Å². The molecule has 2 aromatic rings. The summed E-state index contributed by atoms with van der Waals surface area (Å²) < 4.78 is 0. The third-order valence-electron chi connectivity index (χ3n) is 2.22. The highest BCUT2D eigenvalue weighted by atomic mass is 35.5. The molecule has 0 unspecified atom stereocenters. The second-order valence-electron chi connectivity index (χ2n) is 3.46. The van der Waals surface area contributed by atoms with Gasteiger partial charge in [0, 0.05) is 16.3 Å². The lowest BCUT2D eigenvalue weighted by Crippen LogP contribution is -2.12. The van der Waals surface area contributed by atoms with Crippen LogP contribution in [-0.4, -0.2) is 5.91 Å². The van der Waals surface area contributed by atoms with Crippen LogP contribution in [0.5, 0.6) is 0 Å². The van der Waals surface area contributed by atoms with Gasteiger partial charge >= 0.3 is 0 Å². The maximum atomic E-state index is 11.9. The van der Waals surface area contributed by atoms with Gasteiger partial charge in [0.2, 0.25) is 0 Å². The van der Waals surface area contributed by atoms with Crippen molar-refractivity contribution in [2.45, 2.75) is 4.90 Å². The van der Waals surface area contributed by atoms with Gasteiger partial charge in [-0.25, -0.2) is 0 Å². The van der Waals surface area contributed by atoms with Crippen molar-refractivity contribution in [1.29, 1.82) is 0 Å². The zero-order valence-corrected chi connectivity index (χ0v) is 10.4. The Hall–Kier alpha value is -1.58. The van der Waals surface area contributed by atoms with Crippen molar-refractivity contribution >= 4 is 35.8 Å². The third-order valence-corrected chi connectivity index (χ3v) is 2.79. The molecule has 86 valence electrons. The van der Waals surface area contributed by atoms with Crippen molar-refractivity contribution < 1.29 is 4.79 Å². The Morgan fingerprint density at radius 3 is 2.47 bits per heavy atom. The van der Waals surface area contributed by atoms with Gasteiger partial charge in [-0.1, -0.05) is 35.9 Å². The van der Waals surface area contributed by atoms with E-state index in [1.807, 2.05) is 30.3 Å². The highest BCUT2D eigenvalue weighted by Gasteiger charge is 2.05. The van der Waals surface area contributed by atoms with Crippen LogP contribution in [0.1, 0.15) is 10.4 Å².